The van der Waals surface area contributed by atoms with Crippen LogP contribution in [0.5, 0.6) is 0 Å². The molecule has 1 atom stereocenters. The van der Waals surface area contributed by atoms with Gasteiger partial charge in [0.1, 0.15) is 5.82 Å². The van der Waals surface area contributed by atoms with Crippen LogP contribution >= 0.6 is 0 Å². The summed E-state index contributed by atoms with van der Waals surface area (Å²) in [5.74, 6) is 1.51. The van der Waals surface area contributed by atoms with E-state index in [2.05, 4.69) is 28.6 Å². The van der Waals surface area contributed by atoms with Crippen LogP contribution in [0.4, 0.5) is 0 Å². The molecule has 2 heterocycles. The number of hydrogen-bond donors (Lipinski definition) is 1. The van der Waals surface area contributed by atoms with Gasteiger partial charge in [0.25, 0.3) is 0 Å². The summed E-state index contributed by atoms with van der Waals surface area (Å²) >= 11 is 0. The molecule has 1 aromatic carbocycles. The van der Waals surface area contributed by atoms with Crippen molar-refractivity contribution in [2.45, 2.75) is 51.7 Å². The van der Waals surface area contributed by atoms with E-state index in [0.29, 0.717) is 19.4 Å². The zero-order chi connectivity index (χ0) is 18.4. The molecule has 1 aromatic heterocycles. The van der Waals surface area contributed by atoms with Gasteiger partial charge in [-0.15, -0.1) is 0 Å². The SMILES string of the molecule is CCc1nccn1CCC(=O)N1CCC([C@@H](O)Cc2ccccc2)CC1. The third-order valence-corrected chi connectivity index (χ3v) is 5.41. The van der Waals surface area contributed by atoms with Crippen LogP contribution in [0.3, 0.4) is 0 Å². The molecule has 0 aliphatic carbocycles. The van der Waals surface area contributed by atoms with Gasteiger partial charge < -0.3 is 14.6 Å². The third-order valence-electron chi connectivity index (χ3n) is 5.41. The van der Waals surface area contributed by atoms with Crippen LogP contribution < -0.4 is 0 Å². The number of imidazole rings is 1. The first-order valence-corrected chi connectivity index (χ1v) is 9.67. The lowest BCUT2D eigenvalue weighted by Crippen LogP contribution is -2.41. The molecule has 2 aromatic rings. The Hall–Kier alpha value is -2.14. The van der Waals surface area contributed by atoms with Gasteiger partial charge in [-0.2, -0.15) is 0 Å². The van der Waals surface area contributed by atoms with Crippen LogP contribution in [0.2, 0.25) is 0 Å². The standard InChI is InChI=1S/C21H29N3O2/c1-2-20-22-11-15-23(20)14-10-21(26)24-12-8-18(9-13-24)19(25)16-17-6-4-3-5-7-17/h3-7,11,15,18-19,25H,2,8-10,12-14,16H2,1H3/t19-/m0/s1. The summed E-state index contributed by atoms with van der Waals surface area (Å²) in [7, 11) is 0. The number of aliphatic hydroxyl groups excluding tert-OH is 1. The Morgan fingerprint density at radius 3 is 2.69 bits per heavy atom. The Kier molecular flexibility index (Phi) is 6.45. The minimum absolute atomic E-state index is 0.205. The number of aromatic nitrogens is 2. The van der Waals surface area contributed by atoms with Crippen molar-refractivity contribution in [1.82, 2.24) is 14.5 Å². The summed E-state index contributed by atoms with van der Waals surface area (Å²) in [5, 5.41) is 10.5. The third kappa shape index (κ3) is 4.73. The number of likely N-dealkylation sites (tertiary alicyclic amines) is 1. The predicted octanol–water partition coefficient (Wildman–Crippen LogP) is 2.68. The van der Waals surface area contributed by atoms with Crippen molar-refractivity contribution < 1.29 is 9.90 Å². The summed E-state index contributed by atoms with van der Waals surface area (Å²) in [6.07, 6.45) is 7.26. The molecular weight excluding hydrogens is 326 g/mol. The first-order valence-electron chi connectivity index (χ1n) is 9.67. The van der Waals surface area contributed by atoms with Gasteiger partial charge in [-0.25, -0.2) is 4.98 Å². The number of nitrogens with zero attached hydrogens (tertiary/aromatic N) is 3. The van der Waals surface area contributed by atoms with Crippen molar-refractivity contribution in [2.75, 3.05) is 13.1 Å². The maximum Gasteiger partial charge on any atom is 0.224 e. The van der Waals surface area contributed by atoms with Gasteiger partial charge in [0.05, 0.1) is 6.10 Å². The molecule has 26 heavy (non-hydrogen) atoms. The van der Waals surface area contributed by atoms with Gasteiger partial charge in [0.15, 0.2) is 0 Å². The summed E-state index contributed by atoms with van der Waals surface area (Å²) in [4.78, 5) is 18.7. The predicted molar refractivity (Wildman–Crippen MR) is 102 cm³/mol. The zero-order valence-electron chi connectivity index (χ0n) is 15.6. The average Bonchev–Trinajstić information content (AvgIpc) is 3.14. The normalized spacial score (nSPS) is 16.6. The second-order valence-corrected chi connectivity index (χ2v) is 7.12. The number of carbonyl (C=O) groups excluding carboxylic acids is 1. The lowest BCUT2D eigenvalue weighted by molar-refractivity contribution is -0.133. The van der Waals surface area contributed by atoms with Crippen molar-refractivity contribution in [3.05, 3.63) is 54.1 Å². The molecule has 5 nitrogen and oxygen atoms in total. The van der Waals surface area contributed by atoms with E-state index in [1.807, 2.05) is 29.3 Å². The minimum atomic E-state index is -0.326. The molecule has 1 amide bonds. The molecule has 1 aliphatic rings. The maximum atomic E-state index is 12.5. The Morgan fingerprint density at radius 2 is 2.00 bits per heavy atom. The number of amides is 1. The number of piperidine rings is 1. The van der Waals surface area contributed by atoms with Crippen molar-refractivity contribution >= 4 is 5.91 Å². The number of aryl methyl sites for hydroxylation is 2. The highest BCUT2D eigenvalue weighted by Crippen LogP contribution is 2.23. The fraction of sp³-hybridized carbons (Fsp3) is 0.524. The molecule has 1 fully saturated rings. The molecule has 1 N–H and O–H groups in total. The average molecular weight is 355 g/mol. The molecule has 140 valence electrons. The van der Waals surface area contributed by atoms with Gasteiger partial charge in [0, 0.05) is 44.9 Å². The summed E-state index contributed by atoms with van der Waals surface area (Å²) in [6.45, 7) is 4.27. The fourth-order valence-corrected chi connectivity index (χ4v) is 3.79. The van der Waals surface area contributed by atoms with Gasteiger partial charge in [-0.3, -0.25) is 4.79 Å². The highest BCUT2D eigenvalue weighted by atomic mass is 16.3. The van der Waals surface area contributed by atoms with Crippen LogP contribution in [0.15, 0.2) is 42.7 Å². The Balaban J connectivity index is 1.43. The van der Waals surface area contributed by atoms with E-state index in [-0.39, 0.29) is 17.9 Å². The van der Waals surface area contributed by atoms with Crippen LogP contribution in [-0.2, 0) is 24.2 Å². The van der Waals surface area contributed by atoms with Gasteiger partial charge in [-0.1, -0.05) is 37.3 Å². The lowest BCUT2D eigenvalue weighted by Gasteiger charge is -2.34. The number of hydrogen-bond acceptors (Lipinski definition) is 3. The quantitative estimate of drug-likeness (QED) is 0.831. The van der Waals surface area contributed by atoms with Gasteiger partial charge >= 0.3 is 0 Å². The van der Waals surface area contributed by atoms with Crippen molar-refractivity contribution in [1.29, 1.82) is 0 Å². The molecule has 1 aliphatic heterocycles. The van der Waals surface area contributed by atoms with E-state index in [4.69, 9.17) is 0 Å². The van der Waals surface area contributed by atoms with E-state index < -0.39 is 0 Å². The zero-order valence-corrected chi connectivity index (χ0v) is 15.6. The topological polar surface area (TPSA) is 58.4 Å². The number of benzene rings is 1. The molecule has 5 heteroatoms. The summed E-state index contributed by atoms with van der Waals surface area (Å²) in [6, 6.07) is 10.1. The van der Waals surface area contributed by atoms with Crippen molar-refractivity contribution in [2.24, 2.45) is 5.92 Å². The largest absolute Gasteiger partial charge is 0.392 e. The molecule has 0 bridgehead atoms. The van der Waals surface area contributed by atoms with E-state index in [1.165, 1.54) is 5.56 Å². The Labute approximate surface area is 155 Å². The molecule has 0 radical (unpaired) electrons. The number of aliphatic hydroxyl groups is 1. The van der Waals surface area contributed by atoms with Crippen molar-refractivity contribution in [3.8, 4) is 0 Å². The highest BCUT2D eigenvalue weighted by Gasteiger charge is 2.27. The van der Waals surface area contributed by atoms with E-state index in [1.54, 1.807) is 6.20 Å². The molecule has 0 spiro atoms. The smallest absolute Gasteiger partial charge is 0.224 e. The summed E-state index contributed by atoms with van der Waals surface area (Å²) in [5.41, 5.74) is 1.17. The highest BCUT2D eigenvalue weighted by molar-refractivity contribution is 5.76. The summed E-state index contributed by atoms with van der Waals surface area (Å²) < 4.78 is 2.06. The first kappa shape index (κ1) is 18.6. The molecule has 0 saturated carbocycles. The second-order valence-electron chi connectivity index (χ2n) is 7.12. The number of carbonyl (C=O) groups is 1. The number of rotatable bonds is 7. The van der Waals surface area contributed by atoms with Crippen LogP contribution in [0.1, 0.15) is 37.6 Å². The fourth-order valence-electron chi connectivity index (χ4n) is 3.79. The molecule has 3 rings (SSSR count). The molecular formula is C21H29N3O2. The van der Waals surface area contributed by atoms with Crippen molar-refractivity contribution in [3.63, 3.8) is 0 Å². The van der Waals surface area contributed by atoms with Crippen LogP contribution in [-0.4, -0.2) is 44.7 Å². The monoisotopic (exact) mass is 355 g/mol. The lowest BCUT2D eigenvalue weighted by atomic mass is 9.88. The first-order chi connectivity index (χ1) is 12.7. The Bertz CT molecular complexity index is 690. The molecule has 1 saturated heterocycles. The Morgan fingerprint density at radius 1 is 1.27 bits per heavy atom. The van der Waals surface area contributed by atoms with Crippen LogP contribution in [0.25, 0.3) is 0 Å². The second kappa shape index (κ2) is 8.99. The molecule has 0 unspecified atom stereocenters. The van der Waals surface area contributed by atoms with Crippen LogP contribution in [0, 0.1) is 5.92 Å². The van der Waals surface area contributed by atoms with Gasteiger partial charge in [0.2, 0.25) is 5.91 Å². The van der Waals surface area contributed by atoms with E-state index in [9.17, 15) is 9.90 Å². The van der Waals surface area contributed by atoms with E-state index in [0.717, 1.165) is 38.2 Å². The minimum Gasteiger partial charge on any atom is -0.392 e. The van der Waals surface area contributed by atoms with Gasteiger partial charge in [-0.05, 0) is 30.7 Å². The van der Waals surface area contributed by atoms with E-state index >= 15 is 0 Å². The maximum absolute atomic E-state index is 12.5.